The molecule has 0 bridgehead atoms. The van der Waals surface area contributed by atoms with Crippen LogP contribution in [0.2, 0.25) is 0 Å². The van der Waals surface area contributed by atoms with Gasteiger partial charge in [0.1, 0.15) is 5.69 Å². The second kappa shape index (κ2) is 6.89. The first kappa shape index (κ1) is 16.9. The summed E-state index contributed by atoms with van der Waals surface area (Å²) in [4.78, 5) is 30.8. The molecule has 0 radical (unpaired) electrons. The minimum atomic E-state index is -0.190. The number of pyridine rings is 1. The van der Waals surface area contributed by atoms with E-state index < -0.39 is 0 Å². The molecular formula is C18H19BrN2O3. The average molecular weight is 391 g/mol. The van der Waals surface area contributed by atoms with Crippen molar-refractivity contribution < 1.29 is 14.3 Å². The molecule has 0 atom stereocenters. The SMILES string of the molecule is COC(=O)C1CCN(C(=O)c2nc(C)cc3c(Br)cccc23)CC1. The van der Waals surface area contributed by atoms with Gasteiger partial charge in [-0.2, -0.15) is 0 Å². The molecule has 0 N–H and O–H groups in total. The van der Waals surface area contributed by atoms with Crippen molar-refractivity contribution in [1.29, 1.82) is 0 Å². The van der Waals surface area contributed by atoms with Gasteiger partial charge < -0.3 is 9.64 Å². The molecule has 0 aliphatic carbocycles. The molecule has 1 aliphatic rings. The number of likely N-dealkylation sites (tertiary alicyclic amines) is 1. The number of carbonyl (C=O) groups excluding carboxylic acids is 2. The van der Waals surface area contributed by atoms with Crippen molar-refractivity contribution >= 4 is 38.6 Å². The summed E-state index contributed by atoms with van der Waals surface area (Å²) in [5.74, 6) is -0.384. The minimum absolute atomic E-state index is 0.0786. The fourth-order valence-electron chi connectivity index (χ4n) is 3.17. The van der Waals surface area contributed by atoms with Gasteiger partial charge in [-0.3, -0.25) is 9.59 Å². The first-order valence-electron chi connectivity index (χ1n) is 7.94. The van der Waals surface area contributed by atoms with Crippen LogP contribution in [0.25, 0.3) is 10.8 Å². The first-order chi connectivity index (χ1) is 11.5. The zero-order chi connectivity index (χ0) is 17.3. The maximum Gasteiger partial charge on any atom is 0.308 e. The molecule has 0 spiro atoms. The van der Waals surface area contributed by atoms with E-state index >= 15 is 0 Å². The minimum Gasteiger partial charge on any atom is -0.469 e. The van der Waals surface area contributed by atoms with Crippen molar-refractivity contribution in [3.63, 3.8) is 0 Å². The molecular weight excluding hydrogens is 372 g/mol. The van der Waals surface area contributed by atoms with E-state index in [9.17, 15) is 9.59 Å². The highest BCUT2D eigenvalue weighted by atomic mass is 79.9. The quantitative estimate of drug-likeness (QED) is 0.737. The standard InChI is InChI=1S/C18H19BrN2O3/c1-11-10-14-13(4-3-5-15(14)19)16(20-11)17(22)21-8-6-12(7-9-21)18(23)24-2/h3-5,10,12H,6-9H2,1-2H3. The third-order valence-corrected chi connectivity index (χ3v) is 5.16. The Morgan fingerprint density at radius 1 is 1.25 bits per heavy atom. The second-order valence-corrected chi connectivity index (χ2v) is 6.89. The lowest BCUT2D eigenvalue weighted by Gasteiger charge is -2.30. The second-order valence-electron chi connectivity index (χ2n) is 6.04. The van der Waals surface area contributed by atoms with Gasteiger partial charge in [0.25, 0.3) is 5.91 Å². The summed E-state index contributed by atoms with van der Waals surface area (Å²) in [6.45, 7) is 2.98. The molecule has 1 saturated heterocycles. The Kier molecular flexibility index (Phi) is 4.85. The predicted molar refractivity (Wildman–Crippen MR) is 94.8 cm³/mol. The fourth-order valence-corrected chi connectivity index (χ4v) is 3.65. The summed E-state index contributed by atoms with van der Waals surface area (Å²) in [6, 6.07) is 7.75. The lowest BCUT2D eigenvalue weighted by Crippen LogP contribution is -2.41. The van der Waals surface area contributed by atoms with Crippen LogP contribution in [0.3, 0.4) is 0 Å². The highest BCUT2D eigenvalue weighted by Crippen LogP contribution is 2.28. The molecule has 1 fully saturated rings. The Labute approximate surface area is 149 Å². The average Bonchev–Trinajstić information content (AvgIpc) is 2.61. The largest absolute Gasteiger partial charge is 0.469 e. The van der Waals surface area contributed by atoms with Crippen LogP contribution < -0.4 is 0 Å². The van der Waals surface area contributed by atoms with Crippen LogP contribution in [-0.2, 0) is 9.53 Å². The number of ether oxygens (including phenoxy) is 1. The van der Waals surface area contributed by atoms with E-state index in [1.807, 2.05) is 31.2 Å². The van der Waals surface area contributed by atoms with Gasteiger partial charge in [0.15, 0.2) is 0 Å². The van der Waals surface area contributed by atoms with Crippen LogP contribution in [0.15, 0.2) is 28.7 Å². The third kappa shape index (κ3) is 3.15. The number of nitrogens with zero attached hydrogens (tertiary/aromatic N) is 2. The number of benzene rings is 1. The van der Waals surface area contributed by atoms with E-state index in [1.165, 1.54) is 7.11 Å². The summed E-state index contributed by atoms with van der Waals surface area (Å²) in [5, 5.41) is 1.83. The fraction of sp³-hybridized carbons (Fsp3) is 0.389. The Morgan fingerprint density at radius 2 is 1.96 bits per heavy atom. The number of fused-ring (bicyclic) bond motifs is 1. The van der Waals surface area contributed by atoms with Gasteiger partial charge in [-0.1, -0.05) is 28.1 Å². The zero-order valence-electron chi connectivity index (χ0n) is 13.7. The van der Waals surface area contributed by atoms with Gasteiger partial charge in [0.05, 0.1) is 13.0 Å². The van der Waals surface area contributed by atoms with Gasteiger partial charge in [-0.25, -0.2) is 4.98 Å². The lowest BCUT2D eigenvalue weighted by molar-refractivity contribution is -0.146. The van der Waals surface area contributed by atoms with Gasteiger partial charge in [0, 0.05) is 34.0 Å². The number of esters is 1. The topological polar surface area (TPSA) is 59.5 Å². The number of hydrogen-bond donors (Lipinski definition) is 0. The van der Waals surface area contributed by atoms with Crippen molar-refractivity contribution in [3.8, 4) is 0 Å². The molecule has 5 nitrogen and oxygen atoms in total. The van der Waals surface area contributed by atoms with E-state index in [0.29, 0.717) is 31.6 Å². The van der Waals surface area contributed by atoms with Crippen LogP contribution in [0.4, 0.5) is 0 Å². The first-order valence-corrected chi connectivity index (χ1v) is 8.73. The molecule has 2 aromatic rings. The molecule has 0 unspecified atom stereocenters. The molecule has 24 heavy (non-hydrogen) atoms. The Morgan fingerprint density at radius 3 is 2.62 bits per heavy atom. The molecule has 6 heteroatoms. The van der Waals surface area contributed by atoms with E-state index in [2.05, 4.69) is 20.9 Å². The van der Waals surface area contributed by atoms with Gasteiger partial charge in [-0.15, -0.1) is 0 Å². The van der Waals surface area contributed by atoms with Gasteiger partial charge >= 0.3 is 5.97 Å². The van der Waals surface area contributed by atoms with Crippen molar-refractivity contribution in [2.45, 2.75) is 19.8 Å². The maximum atomic E-state index is 13.0. The van der Waals surface area contributed by atoms with Crippen LogP contribution >= 0.6 is 15.9 Å². The normalized spacial score (nSPS) is 15.5. The molecule has 1 aromatic heterocycles. The summed E-state index contributed by atoms with van der Waals surface area (Å²) >= 11 is 3.54. The van der Waals surface area contributed by atoms with Crippen LogP contribution in [0.1, 0.15) is 29.0 Å². The smallest absolute Gasteiger partial charge is 0.308 e. The van der Waals surface area contributed by atoms with Crippen molar-refractivity contribution in [3.05, 3.63) is 40.1 Å². The number of amides is 1. The Bertz CT molecular complexity index is 798. The predicted octanol–water partition coefficient (Wildman–Crippen LogP) is 3.33. The molecule has 0 saturated carbocycles. The Balaban J connectivity index is 1.88. The number of aryl methyl sites for hydroxylation is 1. The zero-order valence-corrected chi connectivity index (χ0v) is 15.3. The van der Waals surface area contributed by atoms with Crippen LogP contribution in [0, 0.1) is 12.8 Å². The summed E-state index contributed by atoms with van der Waals surface area (Å²) in [6.07, 6.45) is 1.26. The van der Waals surface area contributed by atoms with Gasteiger partial charge in [-0.05, 0) is 31.9 Å². The van der Waals surface area contributed by atoms with E-state index in [0.717, 1.165) is 20.9 Å². The highest BCUT2D eigenvalue weighted by molar-refractivity contribution is 9.10. The molecule has 126 valence electrons. The summed E-state index contributed by atoms with van der Waals surface area (Å²) < 4.78 is 5.74. The van der Waals surface area contributed by atoms with E-state index in [4.69, 9.17) is 4.74 Å². The van der Waals surface area contributed by atoms with Crippen LogP contribution in [0.5, 0.6) is 0 Å². The third-order valence-electron chi connectivity index (χ3n) is 4.47. The molecule has 2 heterocycles. The van der Waals surface area contributed by atoms with Crippen molar-refractivity contribution in [2.75, 3.05) is 20.2 Å². The number of hydrogen-bond acceptors (Lipinski definition) is 4. The Hall–Kier alpha value is -1.95. The monoisotopic (exact) mass is 390 g/mol. The highest BCUT2D eigenvalue weighted by Gasteiger charge is 2.29. The number of halogens is 1. The summed E-state index contributed by atoms with van der Waals surface area (Å²) in [5.41, 5.74) is 1.28. The number of carbonyl (C=O) groups is 2. The lowest BCUT2D eigenvalue weighted by atomic mass is 9.96. The van der Waals surface area contributed by atoms with E-state index in [-0.39, 0.29) is 17.8 Å². The number of piperidine rings is 1. The number of rotatable bonds is 2. The molecule has 3 rings (SSSR count). The number of aromatic nitrogens is 1. The molecule has 1 amide bonds. The molecule has 1 aromatic carbocycles. The summed E-state index contributed by atoms with van der Waals surface area (Å²) in [7, 11) is 1.40. The van der Waals surface area contributed by atoms with Crippen molar-refractivity contribution in [1.82, 2.24) is 9.88 Å². The van der Waals surface area contributed by atoms with Crippen molar-refractivity contribution in [2.24, 2.45) is 5.92 Å². The maximum absolute atomic E-state index is 13.0. The van der Waals surface area contributed by atoms with Gasteiger partial charge in [0.2, 0.25) is 0 Å². The van der Waals surface area contributed by atoms with Crippen LogP contribution in [-0.4, -0.2) is 42.0 Å². The molecule has 1 aliphatic heterocycles. The van der Waals surface area contributed by atoms with E-state index in [1.54, 1.807) is 4.90 Å². The number of methoxy groups -OCH3 is 1.